The minimum absolute atomic E-state index is 0.0711. The van der Waals surface area contributed by atoms with Gasteiger partial charge in [-0.1, -0.05) is 0 Å². The second kappa shape index (κ2) is 3.57. The van der Waals surface area contributed by atoms with Gasteiger partial charge < -0.3 is 10.1 Å². The topological polar surface area (TPSA) is 53.1 Å². The standard InChI is InChI=1S/C11H8FNO2/c12-7-1-2-11(15)9(5-7)10-6-8(14)3-4-13-10/h1-6,15H,(H,13,14). The molecule has 0 amide bonds. The molecule has 0 unspecified atom stereocenters. The van der Waals surface area contributed by atoms with Gasteiger partial charge in [-0.25, -0.2) is 4.39 Å². The first-order chi connectivity index (χ1) is 7.16. The maximum atomic E-state index is 12.9. The summed E-state index contributed by atoms with van der Waals surface area (Å²) in [6, 6.07) is 6.21. The van der Waals surface area contributed by atoms with E-state index in [2.05, 4.69) is 4.98 Å². The third-order valence-corrected chi connectivity index (χ3v) is 2.02. The van der Waals surface area contributed by atoms with Crippen LogP contribution in [0.25, 0.3) is 11.3 Å². The number of rotatable bonds is 1. The van der Waals surface area contributed by atoms with E-state index < -0.39 is 5.82 Å². The number of pyridine rings is 1. The molecule has 15 heavy (non-hydrogen) atoms. The lowest BCUT2D eigenvalue weighted by atomic mass is 10.1. The van der Waals surface area contributed by atoms with Crippen molar-refractivity contribution < 1.29 is 9.50 Å². The maximum Gasteiger partial charge on any atom is 0.182 e. The lowest BCUT2D eigenvalue weighted by Gasteiger charge is -2.03. The van der Waals surface area contributed by atoms with E-state index in [0.717, 1.165) is 6.07 Å². The van der Waals surface area contributed by atoms with Gasteiger partial charge in [-0.2, -0.15) is 0 Å². The number of benzene rings is 1. The van der Waals surface area contributed by atoms with Crippen molar-refractivity contribution in [2.45, 2.75) is 0 Å². The highest BCUT2D eigenvalue weighted by Crippen LogP contribution is 2.26. The van der Waals surface area contributed by atoms with Gasteiger partial charge in [-0.15, -0.1) is 0 Å². The fourth-order valence-electron chi connectivity index (χ4n) is 1.33. The Morgan fingerprint density at radius 2 is 2.00 bits per heavy atom. The van der Waals surface area contributed by atoms with E-state index >= 15 is 0 Å². The van der Waals surface area contributed by atoms with Gasteiger partial charge in [-0.05, 0) is 18.2 Å². The van der Waals surface area contributed by atoms with E-state index in [9.17, 15) is 14.3 Å². The van der Waals surface area contributed by atoms with E-state index in [0.29, 0.717) is 5.69 Å². The number of aromatic amines is 1. The molecule has 4 heteroatoms. The Balaban J connectivity index is 2.63. The van der Waals surface area contributed by atoms with Crippen LogP contribution >= 0.6 is 0 Å². The molecule has 0 spiro atoms. The van der Waals surface area contributed by atoms with E-state index in [4.69, 9.17) is 0 Å². The molecular weight excluding hydrogens is 197 g/mol. The van der Waals surface area contributed by atoms with Crippen LogP contribution in [-0.4, -0.2) is 10.1 Å². The van der Waals surface area contributed by atoms with Gasteiger partial charge in [0.25, 0.3) is 0 Å². The minimum atomic E-state index is -0.465. The number of halogens is 1. The lowest BCUT2D eigenvalue weighted by Crippen LogP contribution is -1.98. The van der Waals surface area contributed by atoms with Crippen molar-refractivity contribution in [1.82, 2.24) is 4.98 Å². The zero-order valence-corrected chi connectivity index (χ0v) is 7.70. The van der Waals surface area contributed by atoms with E-state index in [1.54, 1.807) is 0 Å². The Morgan fingerprint density at radius 3 is 2.73 bits per heavy atom. The molecule has 0 aliphatic carbocycles. The molecule has 0 saturated heterocycles. The second-order valence-electron chi connectivity index (χ2n) is 3.10. The van der Waals surface area contributed by atoms with Crippen LogP contribution in [0.15, 0.2) is 41.3 Å². The van der Waals surface area contributed by atoms with Gasteiger partial charge in [0.2, 0.25) is 0 Å². The number of hydrogen-bond donors (Lipinski definition) is 2. The number of H-pyrrole nitrogens is 1. The number of phenols is 1. The van der Waals surface area contributed by atoms with Crippen LogP contribution in [-0.2, 0) is 0 Å². The third-order valence-electron chi connectivity index (χ3n) is 2.02. The van der Waals surface area contributed by atoms with Gasteiger partial charge in [0.15, 0.2) is 5.43 Å². The van der Waals surface area contributed by atoms with Crippen molar-refractivity contribution in [2.75, 3.05) is 0 Å². The van der Waals surface area contributed by atoms with Crippen molar-refractivity contribution >= 4 is 0 Å². The molecular formula is C11H8FNO2. The van der Waals surface area contributed by atoms with Crippen molar-refractivity contribution in [1.29, 1.82) is 0 Å². The Hall–Kier alpha value is -2.10. The molecule has 0 aliphatic heterocycles. The maximum absolute atomic E-state index is 12.9. The third kappa shape index (κ3) is 1.88. The Morgan fingerprint density at radius 1 is 1.20 bits per heavy atom. The normalized spacial score (nSPS) is 10.2. The predicted molar refractivity (Wildman–Crippen MR) is 54.1 cm³/mol. The summed E-state index contributed by atoms with van der Waals surface area (Å²) in [4.78, 5) is 13.8. The van der Waals surface area contributed by atoms with Gasteiger partial charge in [0.1, 0.15) is 11.6 Å². The summed E-state index contributed by atoms with van der Waals surface area (Å²) in [6.45, 7) is 0. The molecule has 0 radical (unpaired) electrons. The van der Waals surface area contributed by atoms with Crippen LogP contribution in [0.1, 0.15) is 0 Å². The van der Waals surface area contributed by atoms with Gasteiger partial charge in [-0.3, -0.25) is 4.79 Å². The molecule has 0 fully saturated rings. The van der Waals surface area contributed by atoms with E-state index in [1.165, 1.54) is 30.5 Å². The second-order valence-corrected chi connectivity index (χ2v) is 3.10. The van der Waals surface area contributed by atoms with Crippen LogP contribution in [0.4, 0.5) is 4.39 Å². The van der Waals surface area contributed by atoms with Crippen LogP contribution in [0.3, 0.4) is 0 Å². The average molecular weight is 205 g/mol. The van der Waals surface area contributed by atoms with Crippen LogP contribution < -0.4 is 5.43 Å². The van der Waals surface area contributed by atoms with E-state index in [-0.39, 0.29) is 16.7 Å². The van der Waals surface area contributed by atoms with Crippen molar-refractivity contribution in [3.63, 3.8) is 0 Å². The monoisotopic (exact) mass is 205 g/mol. The molecule has 1 aromatic heterocycles. The molecule has 2 N–H and O–H groups in total. The average Bonchev–Trinajstić information content (AvgIpc) is 2.22. The van der Waals surface area contributed by atoms with Gasteiger partial charge in [0.05, 0.1) is 5.69 Å². The summed E-state index contributed by atoms with van der Waals surface area (Å²) >= 11 is 0. The van der Waals surface area contributed by atoms with Crippen molar-refractivity contribution in [3.8, 4) is 17.0 Å². The summed E-state index contributed by atoms with van der Waals surface area (Å²) in [6.07, 6.45) is 1.45. The summed E-state index contributed by atoms with van der Waals surface area (Å²) < 4.78 is 12.9. The molecule has 2 aromatic rings. The highest BCUT2D eigenvalue weighted by molar-refractivity contribution is 5.66. The Labute approximate surface area is 84.8 Å². The van der Waals surface area contributed by atoms with Crippen LogP contribution in [0.5, 0.6) is 5.75 Å². The molecule has 0 bridgehead atoms. The highest BCUT2D eigenvalue weighted by atomic mass is 19.1. The molecule has 1 aromatic carbocycles. The quantitative estimate of drug-likeness (QED) is 0.746. The molecule has 3 nitrogen and oxygen atoms in total. The first kappa shape index (κ1) is 9.45. The van der Waals surface area contributed by atoms with Crippen molar-refractivity contribution in [3.05, 3.63) is 52.6 Å². The molecule has 76 valence electrons. The lowest BCUT2D eigenvalue weighted by molar-refractivity contribution is 0.475. The molecule has 0 aliphatic rings. The molecule has 0 saturated carbocycles. The van der Waals surface area contributed by atoms with E-state index in [1.807, 2.05) is 0 Å². The van der Waals surface area contributed by atoms with Crippen molar-refractivity contribution in [2.24, 2.45) is 0 Å². The van der Waals surface area contributed by atoms with Crippen LogP contribution in [0.2, 0.25) is 0 Å². The first-order valence-electron chi connectivity index (χ1n) is 4.34. The first-order valence-corrected chi connectivity index (χ1v) is 4.34. The minimum Gasteiger partial charge on any atom is -0.507 e. The Bertz CT molecular complexity index is 548. The summed E-state index contributed by atoms with van der Waals surface area (Å²) in [5.41, 5.74) is 0.458. The van der Waals surface area contributed by atoms with Gasteiger partial charge >= 0.3 is 0 Å². The molecule has 2 rings (SSSR count). The number of aromatic hydroxyl groups is 1. The summed E-state index contributed by atoms with van der Waals surface area (Å²) in [5, 5.41) is 9.49. The number of aromatic nitrogens is 1. The number of nitrogens with one attached hydrogen (secondary N) is 1. The number of hydrogen-bond acceptors (Lipinski definition) is 2. The largest absolute Gasteiger partial charge is 0.507 e. The zero-order valence-electron chi connectivity index (χ0n) is 7.70. The number of phenolic OH excluding ortho intramolecular Hbond substituents is 1. The summed E-state index contributed by atoms with van der Waals surface area (Å²) in [5.74, 6) is -0.536. The Kier molecular flexibility index (Phi) is 2.25. The summed E-state index contributed by atoms with van der Waals surface area (Å²) in [7, 11) is 0. The van der Waals surface area contributed by atoms with Crippen LogP contribution in [0, 0.1) is 5.82 Å². The fraction of sp³-hybridized carbons (Fsp3) is 0. The predicted octanol–water partition coefficient (Wildman–Crippen LogP) is 1.89. The molecule has 1 heterocycles. The zero-order chi connectivity index (χ0) is 10.8. The van der Waals surface area contributed by atoms with Gasteiger partial charge in [0, 0.05) is 23.9 Å². The SMILES string of the molecule is O=c1cc[nH]c(-c2cc(F)ccc2O)c1. The molecule has 0 atom stereocenters. The fourth-order valence-corrected chi connectivity index (χ4v) is 1.33. The highest BCUT2D eigenvalue weighted by Gasteiger charge is 2.06. The smallest absolute Gasteiger partial charge is 0.182 e.